The number of carbonyl (C=O) groups is 2. The Labute approximate surface area is 184 Å². The molecule has 0 saturated heterocycles. The van der Waals surface area contributed by atoms with Crippen molar-refractivity contribution in [2.24, 2.45) is 11.8 Å². The zero-order chi connectivity index (χ0) is 22.8. The molecule has 6 nitrogen and oxygen atoms in total. The highest BCUT2D eigenvalue weighted by Gasteiger charge is 2.39. The minimum absolute atomic E-state index is 0.0205. The molecular weight excluding hydrogens is 396 g/mol. The minimum Gasteiger partial charge on any atom is -0.481 e. The number of methoxy groups -OCH3 is 1. The molecule has 170 valence electrons. The van der Waals surface area contributed by atoms with Crippen molar-refractivity contribution in [3.8, 4) is 0 Å². The van der Waals surface area contributed by atoms with Crippen LogP contribution in [0, 0.1) is 11.8 Å². The fraction of sp³-hybridized carbons (Fsp3) is 0.520. The summed E-state index contributed by atoms with van der Waals surface area (Å²) in [6.45, 7) is 2.45. The van der Waals surface area contributed by atoms with Crippen molar-refractivity contribution in [3.05, 3.63) is 59.7 Å². The number of hydrogen-bond acceptors (Lipinski definition) is 5. The fourth-order valence-electron chi connectivity index (χ4n) is 4.00. The van der Waals surface area contributed by atoms with Gasteiger partial charge in [-0.15, -0.1) is 0 Å². The topological polar surface area (TPSA) is 104 Å². The molecule has 2 rings (SSSR count). The molecule has 1 aromatic rings. The Kier molecular flexibility index (Phi) is 10.1. The van der Waals surface area contributed by atoms with E-state index in [-0.39, 0.29) is 36.4 Å². The number of Topliss-reactive ketones (excluding diaryl/α,β-unsaturated/α-hetero) is 1. The van der Waals surface area contributed by atoms with E-state index in [2.05, 4.69) is 0 Å². The summed E-state index contributed by atoms with van der Waals surface area (Å²) in [5.74, 6) is -1.60. The van der Waals surface area contributed by atoms with Crippen molar-refractivity contribution in [1.82, 2.24) is 0 Å². The third-order valence-corrected chi connectivity index (χ3v) is 5.88. The maximum absolute atomic E-state index is 12.3. The maximum Gasteiger partial charge on any atom is 0.303 e. The second kappa shape index (κ2) is 12.5. The van der Waals surface area contributed by atoms with E-state index in [0.717, 1.165) is 11.1 Å². The van der Waals surface area contributed by atoms with Crippen LogP contribution in [0.2, 0.25) is 0 Å². The molecule has 0 spiro atoms. The van der Waals surface area contributed by atoms with Crippen molar-refractivity contribution >= 4 is 11.8 Å². The molecule has 0 aromatic heterocycles. The van der Waals surface area contributed by atoms with Crippen LogP contribution in [-0.2, 0) is 20.9 Å². The lowest BCUT2D eigenvalue weighted by Gasteiger charge is -2.20. The second-order valence-electron chi connectivity index (χ2n) is 8.26. The molecular formula is C25H34O6. The van der Waals surface area contributed by atoms with Crippen molar-refractivity contribution in [2.75, 3.05) is 7.11 Å². The second-order valence-corrected chi connectivity index (χ2v) is 8.26. The number of ether oxygens (including phenoxy) is 1. The van der Waals surface area contributed by atoms with Gasteiger partial charge in [0.1, 0.15) is 5.78 Å². The van der Waals surface area contributed by atoms with Crippen LogP contribution >= 0.6 is 0 Å². The Morgan fingerprint density at radius 2 is 2.10 bits per heavy atom. The highest BCUT2D eigenvalue weighted by atomic mass is 16.5. The Hall–Kier alpha value is -2.28. The number of allylic oxidation sites excluding steroid dienone is 2. The molecule has 1 aliphatic rings. The normalized spacial score (nSPS) is 23.6. The van der Waals surface area contributed by atoms with Gasteiger partial charge in [0.2, 0.25) is 0 Å². The number of rotatable bonds is 12. The zero-order valence-corrected chi connectivity index (χ0v) is 18.3. The van der Waals surface area contributed by atoms with Crippen molar-refractivity contribution < 1.29 is 29.6 Å². The fourth-order valence-corrected chi connectivity index (χ4v) is 4.00. The van der Waals surface area contributed by atoms with E-state index >= 15 is 0 Å². The first-order valence-corrected chi connectivity index (χ1v) is 10.8. The molecule has 0 heterocycles. The van der Waals surface area contributed by atoms with Gasteiger partial charge in [-0.1, -0.05) is 55.5 Å². The maximum atomic E-state index is 12.3. The Bertz CT molecular complexity index is 784. The first-order chi connectivity index (χ1) is 14.8. The molecule has 0 aliphatic heterocycles. The molecule has 1 aromatic carbocycles. The number of carbonyl (C=O) groups excluding carboxylic acids is 1. The largest absolute Gasteiger partial charge is 0.481 e. The summed E-state index contributed by atoms with van der Waals surface area (Å²) in [6.07, 6.45) is 7.72. The summed E-state index contributed by atoms with van der Waals surface area (Å²) < 4.78 is 5.17. The number of aliphatic carboxylic acids is 1. The van der Waals surface area contributed by atoms with Gasteiger partial charge in [-0.2, -0.15) is 0 Å². The average Bonchev–Trinajstić information content (AvgIpc) is 3.00. The van der Waals surface area contributed by atoms with E-state index in [1.165, 1.54) is 0 Å². The third kappa shape index (κ3) is 7.73. The molecule has 1 unspecified atom stereocenters. The molecule has 0 amide bonds. The predicted molar refractivity (Wildman–Crippen MR) is 119 cm³/mol. The van der Waals surface area contributed by atoms with Gasteiger partial charge < -0.3 is 20.1 Å². The van der Waals surface area contributed by atoms with Crippen LogP contribution in [0.15, 0.2) is 48.6 Å². The first-order valence-electron chi connectivity index (χ1n) is 10.8. The van der Waals surface area contributed by atoms with Gasteiger partial charge in [-0.3, -0.25) is 9.59 Å². The van der Waals surface area contributed by atoms with Gasteiger partial charge in [0.15, 0.2) is 0 Å². The Morgan fingerprint density at radius 1 is 1.32 bits per heavy atom. The number of benzene rings is 1. The van der Waals surface area contributed by atoms with E-state index in [0.29, 0.717) is 25.9 Å². The van der Waals surface area contributed by atoms with E-state index in [1.807, 2.05) is 43.3 Å². The van der Waals surface area contributed by atoms with Crippen LogP contribution in [0.25, 0.3) is 0 Å². The molecule has 1 aliphatic carbocycles. The molecule has 1 saturated carbocycles. The summed E-state index contributed by atoms with van der Waals surface area (Å²) >= 11 is 0. The van der Waals surface area contributed by atoms with Crippen molar-refractivity contribution in [3.63, 3.8) is 0 Å². The third-order valence-electron chi connectivity index (χ3n) is 5.88. The first kappa shape index (κ1) is 25.0. The van der Waals surface area contributed by atoms with Crippen LogP contribution in [0.3, 0.4) is 0 Å². The summed E-state index contributed by atoms with van der Waals surface area (Å²) in [6, 6.07) is 7.89. The summed E-state index contributed by atoms with van der Waals surface area (Å²) in [5.41, 5.74) is 2.03. The van der Waals surface area contributed by atoms with E-state index in [4.69, 9.17) is 9.84 Å². The van der Waals surface area contributed by atoms with Gasteiger partial charge in [0.25, 0.3) is 0 Å². The van der Waals surface area contributed by atoms with Crippen molar-refractivity contribution in [1.29, 1.82) is 0 Å². The lowest BCUT2D eigenvalue weighted by atomic mass is 9.88. The Balaban J connectivity index is 1.97. The number of aliphatic hydroxyl groups is 2. The standard InChI is InChI=1S/C25H34O6/c1-17(19-9-7-8-18(14-19)16-31-2)22(26)13-12-21-20(23(27)15-24(21)28)10-5-3-4-6-11-25(29)30/h3,5,7-9,12-14,17,20-22,24,26,28H,4,6,10-11,15-16H2,1-2H3,(H,29,30)/t17?,20-,21-,22+,24-/m1/s1. The van der Waals surface area contributed by atoms with Crippen LogP contribution in [0.1, 0.15) is 56.1 Å². The lowest BCUT2D eigenvalue weighted by Crippen LogP contribution is -2.20. The van der Waals surface area contributed by atoms with Crippen LogP contribution in [0.4, 0.5) is 0 Å². The summed E-state index contributed by atoms with van der Waals surface area (Å²) in [5, 5.41) is 29.7. The van der Waals surface area contributed by atoms with Crippen LogP contribution < -0.4 is 0 Å². The number of ketones is 1. The molecule has 0 bridgehead atoms. The quantitative estimate of drug-likeness (QED) is 0.346. The van der Waals surface area contributed by atoms with E-state index < -0.39 is 18.2 Å². The van der Waals surface area contributed by atoms with Crippen LogP contribution in [0.5, 0.6) is 0 Å². The minimum atomic E-state index is -0.814. The molecule has 1 fully saturated rings. The SMILES string of the molecule is COCc1cccc(C(C)[C@@H](O)C=C[C@H]2[C@H](O)CC(=O)[C@@H]2CC=CCCCC(=O)O)c1. The van der Waals surface area contributed by atoms with Crippen LogP contribution in [-0.4, -0.2) is 46.4 Å². The number of carboxylic acid groups (broad SMARTS) is 1. The van der Waals surface area contributed by atoms with Gasteiger partial charge in [0, 0.05) is 37.7 Å². The average molecular weight is 431 g/mol. The number of aliphatic hydroxyl groups excluding tert-OH is 2. The lowest BCUT2D eigenvalue weighted by molar-refractivity contribution is -0.137. The highest BCUT2D eigenvalue weighted by Crippen LogP contribution is 2.34. The van der Waals surface area contributed by atoms with Gasteiger partial charge in [-0.25, -0.2) is 0 Å². The summed E-state index contributed by atoms with van der Waals surface area (Å²) in [4.78, 5) is 22.9. The number of unbranched alkanes of at least 4 members (excludes halogenated alkanes) is 1. The summed E-state index contributed by atoms with van der Waals surface area (Å²) in [7, 11) is 1.64. The predicted octanol–water partition coefficient (Wildman–Crippen LogP) is 3.62. The van der Waals surface area contributed by atoms with Crippen molar-refractivity contribution in [2.45, 2.75) is 63.8 Å². The molecule has 3 N–H and O–H groups in total. The van der Waals surface area contributed by atoms with E-state index in [9.17, 15) is 19.8 Å². The molecule has 31 heavy (non-hydrogen) atoms. The smallest absolute Gasteiger partial charge is 0.303 e. The van der Waals surface area contributed by atoms with Gasteiger partial charge in [-0.05, 0) is 30.4 Å². The van der Waals surface area contributed by atoms with Gasteiger partial charge in [0.05, 0.1) is 18.8 Å². The van der Waals surface area contributed by atoms with Gasteiger partial charge >= 0.3 is 5.97 Å². The molecule has 0 radical (unpaired) electrons. The number of carboxylic acids is 1. The zero-order valence-electron chi connectivity index (χ0n) is 18.3. The Morgan fingerprint density at radius 3 is 2.81 bits per heavy atom. The highest BCUT2D eigenvalue weighted by molar-refractivity contribution is 5.84. The number of hydrogen-bond donors (Lipinski definition) is 3. The van der Waals surface area contributed by atoms with E-state index in [1.54, 1.807) is 19.3 Å². The molecule has 5 atom stereocenters. The molecule has 6 heteroatoms. The monoisotopic (exact) mass is 430 g/mol.